The Balaban J connectivity index is 1.63. The second-order valence-electron chi connectivity index (χ2n) is 8.68. The number of carbonyl (C=O) groups is 3. The normalized spacial score (nSPS) is 21.2. The van der Waals surface area contributed by atoms with Crippen LogP contribution in [0.2, 0.25) is 0 Å². The zero-order valence-corrected chi connectivity index (χ0v) is 20.4. The highest BCUT2D eigenvalue weighted by Crippen LogP contribution is 2.32. The number of ether oxygens (including phenoxy) is 1. The molecule has 186 valence electrons. The van der Waals surface area contributed by atoms with Gasteiger partial charge in [-0.2, -0.15) is 0 Å². The molecule has 4 rings (SSSR count). The Morgan fingerprint density at radius 2 is 1.89 bits per heavy atom. The number of hydrogen-bond donors (Lipinski definition) is 1. The van der Waals surface area contributed by atoms with Gasteiger partial charge < -0.3 is 19.4 Å². The summed E-state index contributed by atoms with van der Waals surface area (Å²) in [7, 11) is 0. The first-order valence-electron chi connectivity index (χ1n) is 12.0. The Kier molecular flexibility index (Phi) is 7.55. The smallest absolute Gasteiger partial charge is 0.338 e. The van der Waals surface area contributed by atoms with Crippen molar-refractivity contribution in [2.45, 2.75) is 32.9 Å². The molecule has 2 aromatic rings. The minimum Gasteiger partial charge on any atom is -0.463 e. The van der Waals surface area contributed by atoms with Gasteiger partial charge in [0, 0.05) is 44.5 Å². The summed E-state index contributed by atoms with van der Waals surface area (Å²) in [6.07, 6.45) is 1.49. The maximum absolute atomic E-state index is 13.2. The molecule has 9 nitrogen and oxygen atoms in total. The lowest BCUT2D eigenvalue weighted by atomic mass is 9.94. The minimum atomic E-state index is -0.597. The van der Waals surface area contributed by atoms with E-state index in [1.54, 1.807) is 28.9 Å². The minimum absolute atomic E-state index is 0.0644. The quantitative estimate of drug-likeness (QED) is 0.612. The number of urea groups is 1. The monoisotopic (exact) mass is 480 g/mol. The molecule has 2 aliphatic heterocycles. The summed E-state index contributed by atoms with van der Waals surface area (Å²) in [6.45, 7) is 8.41. The van der Waals surface area contributed by atoms with Gasteiger partial charge in [0.15, 0.2) is 5.76 Å². The van der Waals surface area contributed by atoms with Crippen LogP contribution in [0.25, 0.3) is 0 Å². The van der Waals surface area contributed by atoms with Gasteiger partial charge in [0.05, 0.1) is 24.5 Å². The molecule has 1 saturated heterocycles. The second-order valence-corrected chi connectivity index (χ2v) is 8.68. The SMILES string of the molecule is CCOC(=O)C1=C(CN2CCN(C(=O)c3ccco3)C(C)C2)N(CC)C(=O)NC1c1ccccc1. The van der Waals surface area contributed by atoms with Crippen LogP contribution in [0.3, 0.4) is 0 Å². The average molecular weight is 481 g/mol. The number of hydrogen-bond acceptors (Lipinski definition) is 6. The number of carbonyl (C=O) groups excluding carboxylic acids is 3. The van der Waals surface area contributed by atoms with E-state index in [-0.39, 0.29) is 24.6 Å². The lowest BCUT2D eigenvalue weighted by Gasteiger charge is -2.42. The van der Waals surface area contributed by atoms with Crippen LogP contribution in [-0.4, -0.2) is 78.0 Å². The number of piperazine rings is 1. The molecule has 9 heteroatoms. The Bertz CT molecular complexity index is 1080. The van der Waals surface area contributed by atoms with Crippen molar-refractivity contribution in [3.63, 3.8) is 0 Å². The number of likely N-dealkylation sites (N-methyl/N-ethyl adjacent to an activating group) is 1. The van der Waals surface area contributed by atoms with Gasteiger partial charge in [-0.1, -0.05) is 30.3 Å². The van der Waals surface area contributed by atoms with Crippen LogP contribution < -0.4 is 5.32 Å². The Morgan fingerprint density at radius 1 is 1.11 bits per heavy atom. The van der Waals surface area contributed by atoms with Crippen LogP contribution in [0.4, 0.5) is 4.79 Å². The molecule has 0 bridgehead atoms. The van der Waals surface area contributed by atoms with E-state index >= 15 is 0 Å². The zero-order valence-electron chi connectivity index (χ0n) is 20.4. The van der Waals surface area contributed by atoms with Gasteiger partial charge in [-0.3, -0.25) is 14.6 Å². The highest BCUT2D eigenvalue weighted by molar-refractivity contribution is 5.95. The highest BCUT2D eigenvalue weighted by atomic mass is 16.5. The van der Waals surface area contributed by atoms with Crippen molar-refractivity contribution in [3.05, 3.63) is 71.3 Å². The molecule has 0 radical (unpaired) electrons. The Morgan fingerprint density at radius 3 is 2.51 bits per heavy atom. The van der Waals surface area contributed by atoms with Gasteiger partial charge in [0.2, 0.25) is 0 Å². The standard InChI is InChI=1S/C26H32N4O5/c1-4-29-20(17-28-13-14-30(18(3)16-28)24(31)21-12-9-15-35-21)22(25(32)34-5-2)23(27-26(29)33)19-10-7-6-8-11-19/h6-12,15,18,23H,4-5,13-14,16-17H2,1-3H3,(H,27,33). The number of nitrogens with zero attached hydrogens (tertiary/aromatic N) is 3. The van der Waals surface area contributed by atoms with Crippen molar-refractivity contribution >= 4 is 17.9 Å². The first-order valence-corrected chi connectivity index (χ1v) is 12.0. The van der Waals surface area contributed by atoms with Crippen LogP contribution in [0.15, 0.2) is 64.4 Å². The van der Waals surface area contributed by atoms with Gasteiger partial charge in [-0.05, 0) is 38.5 Å². The van der Waals surface area contributed by atoms with Crippen molar-refractivity contribution in [1.29, 1.82) is 0 Å². The number of amides is 3. The van der Waals surface area contributed by atoms with Gasteiger partial charge in [0.1, 0.15) is 0 Å². The third-order valence-electron chi connectivity index (χ3n) is 6.46. The van der Waals surface area contributed by atoms with E-state index in [4.69, 9.17) is 9.15 Å². The summed E-state index contributed by atoms with van der Waals surface area (Å²) >= 11 is 0. The van der Waals surface area contributed by atoms with Crippen molar-refractivity contribution < 1.29 is 23.5 Å². The molecule has 0 saturated carbocycles. The molecule has 1 fully saturated rings. The van der Waals surface area contributed by atoms with Gasteiger partial charge in [0.25, 0.3) is 5.91 Å². The fourth-order valence-electron chi connectivity index (χ4n) is 4.79. The molecule has 1 aromatic heterocycles. The van der Waals surface area contributed by atoms with Gasteiger partial charge >= 0.3 is 12.0 Å². The molecule has 0 spiro atoms. The van der Waals surface area contributed by atoms with Gasteiger partial charge in [-0.15, -0.1) is 0 Å². The van der Waals surface area contributed by atoms with Crippen LogP contribution in [-0.2, 0) is 9.53 Å². The largest absolute Gasteiger partial charge is 0.463 e. The molecule has 3 heterocycles. The van der Waals surface area contributed by atoms with Crippen LogP contribution in [0.1, 0.15) is 42.9 Å². The molecule has 3 amide bonds. The molecule has 1 N–H and O–H groups in total. The topological polar surface area (TPSA) is 95.3 Å². The average Bonchev–Trinajstić information content (AvgIpc) is 3.39. The highest BCUT2D eigenvalue weighted by Gasteiger charge is 2.39. The van der Waals surface area contributed by atoms with E-state index in [1.807, 2.05) is 44.2 Å². The molecular formula is C26H32N4O5. The maximum atomic E-state index is 13.2. The number of esters is 1. The number of furan rings is 1. The third-order valence-corrected chi connectivity index (χ3v) is 6.46. The van der Waals surface area contributed by atoms with Crippen LogP contribution >= 0.6 is 0 Å². The first kappa shape index (κ1) is 24.5. The summed E-state index contributed by atoms with van der Waals surface area (Å²) < 4.78 is 10.7. The van der Waals surface area contributed by atoms with Crippen LogP contribution in [0, 0.1) is 0 Å². The zero-order chi connectivity index (χ0) is 24.9. The van der Waals surface area contributed by atoms with E-state index in [2.05, 4.69) is 10.2 Å². The molecule has 0 aliphatic carbocycles. The molecule has 2 aliphatic rings. The molecule has 2 unspecified atom stereocenters. The van der Waals surface area contributed by atoms with Crippen molar-refractivity contribution in [3.8, 4) is 0 Å². The van der Waals surface area contributed by atoms with E-state index in [0.29, 0.717) is 49.8 Å². The lowest BCUT2D eigenvalue weighted by molar-refractivity contribution is -0.139. The van der Waals surface area contributed by atoms with E-state index in [0.717, 1.165) is 5.56 Å². The predicted molar refractivity (Wildman–Crippen MR) is 129 cm³/mol. The maximum Gasteiger partial charge on any atom is 0.338 e. The number of rotatable bonds is 7. The second kappa shape index (κ2) is 10.8. The van der Waals surface area contributed by atoms with Gasteiger partial charge in [-0.25, -0.2) is 9.59 Å². The van der Waals surface area contributed by atoms with Crippen molar-refractivity contribution in [2.75, 3.05) is 39.3 Å². The number of nitrogens with one attached hydrogen (secondary N) is 1. The van der Waals surface area contributed by atoms with Crippen molar-refractivity contribution in [2.24, 2.45) is 0 Å². The van der Waals surface area contributed by atoms with E-state index < -0.39 is 12.0 Å². The summed E-state index contributed by atoms with van der Waals surface area (Å²) in [4.78, 5) is 44.7. The summed E-state index contributed by atoms with van der Waals surface area (Å²) in [6, 6.07) is 11.9. The third kappa shape index (κ3) is 5.09. The van der Waals surface area contributed by atoms with E-state index in [1.165, 1.54) is 6.26 Å². The van der Waals surface area contributed by atoms with Crippen LogP contribution in [0.5, 0.6) is 0 Å². The van der Waals surface area contributed by atoms with Crippen molar-refractivity contribution in [1.82, 2.24) is 20.0 Å². The fraction of sp³-hybridized carbons (Fsp3) is 0.423. The molecule has 35 heavy (non-hydrogen) atoms. The molecular weight excluding hydrogens is 448 g/mol. The Hall–Kier alpha value is -3.59. The number of benzene rings is 1. The fourth-order valence-corrected chi connectivity index (χ4v) is 4.79. The summed E-state index contributed by atoms with van der Waals surface area (Å²) in [5.74, 6) is -0.246. The van der Waals surface area contributed by atoms with E-state index in [9.17, 15) is 14.4 Å². The summed E-state index contributed by atoms with van der Waals surface area (Å²) in [5, 5.41) is 2.98. The Labute approximate surface area is 205 Å². The summed E-state index contributed by atoms with van der Waals surface area (Å²) in [5.41, 5.74) is 1.90. The molecule has 2 atom stereocenters. The lowest BCUT2D eigenvalue weighted by Crippen LogP contribution is -2.56. The molecule has 1 aromatic carbocycles. The first-order chi connectivity index (χ1) is 16.9. The predicted octanol–water partition coefficient (Wildman–Crippen LogP) is 3.03.